The SMILES string of the molecule is Cc1cc(C(=O)c2cccc(C(F)(F)F)c2)ccc1OC(C)(C)C. The van der Waals surface area contributed by atoms with Gasteiger partial charge in [-0.15, -0.1) is 0 Å². The summed E-state index contributed by atoms with van der Waals surface area (Å²) in [6, 6.07) is 9.30. The van der Waals surface area contributed by atoms with Crippen LogP contribution in [0.15, 0.2) is 42.5 Å². The average molecular weight is 336 g/mol. The van der Waals surface area contributed by atoms with E-state index >= 15 is 0 Å². The predicted octanol–water partition coefficient (Wildman–Crippen LogP) is 5.42. The van der Waals surface area contributed by atoms with Crippen LogP contribution in [0.5, 0.6) is 5.75 Å². The number of ketones is 1. The zero-order chi connectivity index (χ0) is 18.1. The number of carbonyl (C=O) groups excluding carboxylic acids is 1. The van der Waals surface area contributed by atoms with Crippen LogP contribution in [-0.2, 0) is 6.18 Å². The quantitative estimate of drug-likeness (QED) is 0.699. The van der Waals surface area contributed by atoms with Crippen molar-refractivity contribution in [1.82, 2.24) is 0 Å². The normalized spacial score (nSPS) is 12.1. The molecule has 0 aliphatic carbocycles. The van der Waals surface area contributed by atoms with E-state index in [1.165, 1.54) is 12.1 Å². The van der Waals surface area contributed by atoms with Crippen molar-refractivity contribution in [3.05, 3.63) is 64.7 Å². The van der Waals surface area contributed by atoms with Crippen molar-refractivity contribution in [1.29, 1.82) is 0 Å². The fraction of sp³-hybridized carbons (Fsp3) is 0.316. The van der Waals surface area contributed by atoms with Crippen molar-refractivity contribution < 1.29 is 22.7 Å². The van der Waals surface area contributed by atoms with E-state index in [1.807, 2.05) is 20.8 Å². The van der Waals surface area contributed by atoms with Crippen LogP contribution in [0, 0.1) is 6.92 Å². The van der Waals surface area contributed by atoms with Crippen molar-refractivity contribution in [3.8, 4) is 5.75 Å². The summed E-state index contributed by atoms with van der Waals surface area (Å²) in [5.74, 6) is 0.189. The molecule has 128 valence electrons. The number of rotatable bonds is 3. The van der Waals surface area contributed by atoms with E-state index in [0.717, 1.165) is 17.7 Å². The molecule has 0 unspecified atom stereocenters. The highest BCUT2D eigenvalue weighted by Gasteiger charge is 2.31. The van der Waals surface area contributed by atoms with Crippen LogP contribution in [0.1, 0.15) is 47.8 Å². The fourth-order valence-electron chi connectivity index (χ4n) is 2.24. The Hall–Kier alpha value is -2.30. The monoisotopic (exact) mass is 336 g/mol. The maximum atomic E-state index is 12.8. The van der Waals surface area contributed by atoms with Gasteiger partial charge in [-0.1, -0.05) is 12.1 Å². The maximum Gasteiger partial charge on any atom is 0.416 e. The molecule has 0 amide bonds. The van der Waals surface area contributed by atoms with Gasteiger partial charge in [0.25, 0.3) is 0 Å². The molecule has 0 saturated carbocycles. The molecule has 24 heavy (non-hydrogen) atoms. The molecule has 0 fully saturated rings. The highest BCUT2D eigenvalue weighted by atomic mass is 19.4. The lowest BCUT2D eigenvalue weighted by atomic mass is 9.99. The number of hydrogen-bond donors (Lipinski definition) is 0. The minimum Gasteiger partial charge on any atom is -0.488 e. The van der Waals surface area contributed by atoms with E-state index in [1.54, 1.807) is 25.1 Å². The van der Waals surface area contributed by atoms with Crippen LogP contribution in [0.25, 0.3) is 0 Å². The zero-order valence-electron chi connectivity index (χ0n) is 14.0. The molecular formula is C19H19F3O2. The zero-order valence-corrected chi connectivity index (χ0v) is 14.0. The number of halogens is 3. The van der Waals surface area contributed by atoms with Gasteiger partial charge >= 0.3 is 6.18 Å². The third kappa shape index (κ3) is 4.37. The lowest BCUT2D eigenvalue weighted by Gasteiger charge is -2.22. The Morgan fingerprint density at radius 3 is 2.12 bits per heavy atom. The molecule has 0 aliphatic rings. The number of benzene rings is 2. The van der Waals surface area contributed by atoms with Gasteiger partial charge in [0.15, 0.2) is 5.78 Å². The molecule has 0 aromatic heterocycles. The van der Waals surface area contributed by atoms with Crippen LogP contribution in [0.4, 0.5) is 13.2 Å². The third-order valence-corrected chi connectivity index (χ3v) is 3.31. The van der Waals surface area contributed by atoms with Gasteiger partial charge in [-0.25, -0.2) is 0 Å². The largest absolute Gasteiger partial charge is 0.488 e. The Morgan fingerprint density at radius 2 is 1.58 bits per heavy atom. The summed E-state index contributed by atoms with van der Waals surface area (Å²) in [5.41, 5.74) is -0.126. The Kier molecular flexibility index (Phi) is 4.74. The Morgan fingerprint density at radius 1 is 0.958 bits per heavy atom. The second-order valence-corrected chi connectivity index (χ2v) is 6.60. The van der Waals surface area contributed by atoms with Crippen LogP contribution in [0.3, 0.4) is 0 Å². The van der Waals surface area contributed by atoms with Gasteiger partial charge in [-0.05, 0) is 63.6 Å². The topological polar surface area (TPSA) is 26.3 Å². The molecule has 0 radical (unpaired) electrons. The minimum atomic E-state index is -4.48. The van der Waals surface area contributed by atoms with E-state index in [4.69, 9.17) is 4.74 Å². The summed E-state index contributed by atoms with van der Waals surface area (Å²) in [6.07, 6.45) is -4.48. The van der Waals surface area contributed by atoms with Crippen LogP contribution in [-0.4, -0.2) is 11.4 Å². The molecule has 0 bridgehead atoms. The van der Waals surface area contributed by atoms with Gasteiger partial charge in [0.2, 0.25) is 0 Å². The standard InChI is InChI=1S/C19H19F3O2/c1-12-10-14(8-9-16(12)24-18(2,3)4)17(23)13-6-5-7-15(11-13)19(20,21)22/h5-11H,1-4H3. The minimum absolute atomic E-state index is 0.00807. The highest BCUT2D eigenvalue weighted by molar-refractivity contribution is 6.09. The van der Waals surface area contributed by atoms with Crippen molar-refractivity contribution in [3.63, 3.8) is 0 Å². The van der Waals surface area contributed by atoms with Gasteiger partial charge < -0.3 is 4.74 Å². The lowest BCUT2D eigenvalue weighted by molar-refractivity contribution is -0.137. The molecule has 0 aliphatic heterocycles. The first-order valence-corrected chi connectivity index (χ1v) is 7.49. The van der Waals surface area contributed by atoms with Crippen molar-refractivity contribution in [2.45, 2.75) is 39.5 Å². The van der Waals surface area contributed by atoms with Gasteiger partial charge in [0, 0.05) is 11.1 Å². The van der Waals surface area contributed by atoms with E-state index < -0.39 is 17.5 Å². The molecule has 0 N–H and O–H groups in total. The first-order chi connectivity index (χ1) is 11.0. The Balaban J connectivity index is 2.32. The average Bonchev–Trinajstić information content (AvgIpc) is 2.46. The summed E-state index contributed by atoms with van der Waals surface area (Å²) in [5, 5.41) is 0. The molecule has 0 saturated heterocycles. The molecule has 2 aromatic rings. The molecule has 0 spiro atoms. The fourth-order valence-corrected chi connectivity index (χ4v) is 2.24. The number of hydrogen-bond acceptors (Lipinski definition) is 2. The van der Waals surface area contributed by atoms with E-state index in [9.17, 15) is 18.0 Å². The van der Waals surface area contributed by atoms with Crippen molar-refractivity contribution >= 4 is 5.78 Å². The number of alkyl halides is 3. The Labute approximate surface area is 139 Å². The number of carbonyl (C=O) groups is 1. The summed E-state index contributed by atoms with van der Waals surface area (Å²) < 4.78 is 44.1. The van der Waals surface area contributed by atoms with E-state index in [2.05, 4.69) is 0 Å². The summed E-state index contributed by atoms with van der Waals surface area (Å²) in [7, 11) is 0. The van der Waals surface area contributed by atoms with Gasteiger partial charge in [0.1, 0.15) is 11.4 Å². The van der Waals surface area contributed by atoms with Gasteiger partial charge in [-0.2, -0.15) is 13.2 Å². The van der Waals surface area contributed by atoms with Crippen molar-refractivity contribution in [2.75, 3.05) is 0 Å². The van der Waals surface area contributed by atoms with Crippen LogP contribution >= 0.6 is 0 Å². The third-order valence-electron chi connectivity index (χ3n) is 3.31. The maximum absolute atomic E-state index is 12.8. The van der Waals surface area contributed by atoms with Gasteiger partial charge in [0.05, 0.1) is 5.56 Å². The Bertz CT molecular complexity index is 756. The highest BCUT2D eigenvalue weighted by Crippen LogP contribution is 2.30. The number of ether oxygens (including phenoxy) is 1. The smallest absolute Gasteiger partial charge is 0.416 e. The predicted molar refractivity (Wildman–Crippen MR) is 86.4 cm³/mol. The first-order valence-electron chi connectivity index (χ1n) is 7.49. The second kappa shape index (κ2) is 6.30. The molecule has 2 rings (SSSR count). The van der Waals surface area contributed by atoms with Crippen LogP contribution in [0.2, 0.25) is 0 Å². The molecule has 2 nitrogen and oxygen atoms in total. The van der Waals surface area contributed by atoms with Gasteiger partial charge in [-0.3, -0.25) is 4.79 Å². The first kappa shape index (κ1) is 18.0. The molecule has 2 aromatic carbocycles. The molecule has 0 atom stereocenters. The molecule has 5 heteroatoms. The van der Waals surface area contributed by atoms with Crippen LogP contribution < -0.4 is 4.74 Å². The van der Waals surface area contributed by atoms with E-state index in [0.29, 0.717) is 11.3 Å². The summed E-state index contributed by atoms with van der Waals surface area (Å²) in [6.45, 7) is 7.53. The summed E-state index contributed by atoms with van der Waals surface area (Å²) >= 11 is 0. The number of aryl methyl sites for hydroxylation is 1. The summed E-state index contributed by atoms with van der Waals surface area (Å²) in [4.78, 5) is 12.5. The lowest BCUT2D eigenvalue weighted by Crippen LogP contribution is -2.23. The van der Waals surface area contributed by atoms with Crippen molar-refractivity contribution in [2.24, 2.45) is 0 Å². The van der Waals surface area contributed by atoms with E-state index in [-0.39, 0.29) is 11.2 Å². The molecule has 0 heterocycles. The molecular weight excluding hydrogens is 317 g/mol. The second-order valence-electron chi connectivity index (χ2n) is 6.60.